The van der Waals surface area contributed by atoms with Crippen LogP contribution in [0.25, 0.3) is 0 Å². The lowest BCUT2D eigenvalue weighted by molar-refractivity contribution is -0.139. The number of carbonyl (C=O) groups is 2. The van der Waals surface area contributed by atoms with Crippen LogP contribution in [0.4, 0.5) is 0 Å². The molecule has 0 bridgehead atoms. The SMILES string of the molecule is CCC(C(=O)NC)N(Cc1ccc(C)cc1)C(=O)CSCc1ccccc1. The summed E-state index contributed by atoms with van der Waals surface area (Å²) in [5.41, 5.74) is 3.40. The minimum atomic E-state index is -0.457. The fraction of sp³-hybridized carbons (Fsp3) is 0.364. The maximum absolute atomic E-state index is 13.0. The van der Waals surface area contributed by atoms with Crippen LogP contribution in [-0.4, -0.2) is 35.6 Å². The highest BCUT2D eigenvalue weighted by atomic mass is 32.2. The summed E-state index contributed by atoms with van der Waals surface area (Å²) in [6.45, 7) is 4.41. The number of hydrogen-bond donors (Lipinski definition) is 1. The molecule has 2 rings (SSSR count). The van der Waals surface area contributed by atoms with Crippen molar-refractivity contribution < 1.29 is 9.59 Å². The highest BCUT2D eigenvalue weighted by molar-refractivity contribution is 7.99. The first-order chi connectivity index (χ1) is 13.0. The summed E-state index contributed by atoms with van der Waals surface area (Å²) >= 11 is 1.58. The molecule has 0 aliphatic rings. The van der Waals surface area contributed by atoms with Gasteiger partial charge in [0.25, 0.3) is 0 Å². The van der Waals surface area contributed by atoms with Crippen LogP contribution in [0, 0.1) is 6.92 Å². The number of amides is 2. The largest absolute Gasteiger partial charge is 0.357 e. The molecule has 1 unspecified atom stereocenters. The normalized spacial score (nSPS) is 11.7. The fourth-order valence-electron chi connectivity index (χ4n) is 2.89. The number of nitrogens with one attached hydrogen (secondary N) is 1. The summed E-state index contributed by atoms with van der Waals surface area (Å²) in [6, 6.07) is 17.7. The van der Waals surface area contributed by atoms with Gasteiger partial charge in [-0.05, 0) is 24.5 Å². The number of nitrogens with zero attached hydrogens (tertiary/aromatic N) is 1. The molecule has 0 radical (unpaired) electrons. The van der Waals surface area contributed by atoms with Crippen molar-refractivity contribution >= 4 is 23.6 Å². The first-order valence-corrected chi connectivity index (χ1v) is 10.4. The molecule has 2 amide bonds. The highest BCUT2D eigenvalue weighted by Crippen LogP contribution is 2.17. The first kappa shape index (κ1) is 21.0. The Morgan fingerprint density at radius 1 is 1.04 bits per heavy atom. The summed E-state index contributed by atoms with van der Waals surface area (Å²) in [5, 5.41) is 2.69. The molecule has 0 fully saturated rings. The lowest BCUT2D eigenvalue weighted by Crippen LogP contribution is -2.48. The number of likely N-dealkylation sites (N-methyl/N-ethyl adjacent to an activating group) is 1. The summed E-state index contributed by atoms with van der Waals surface area (Å²) < 4.78 is 0. The molecule has 1 N–H and O–H groups in total. The van der Waals surface area contributed by atoms with Gasteiger partial charge in [0, 0.05) is 19.3 Å². The van der Waals surface area contributed by atoms with Gasteiger partial charge in [0.05, 0.1) is 5.75 Å². The fourth-order valence-corrected chi connectivity index (χ4v) is 3.76. The van der Waals surface area contributed by atoms with E-state index in [4.69, 9.17) is 0 Å². The van der Waals surface area contributed by atoms with Crippen molar-refractivity contribution in [1.82, 2.24) is 10.2 Å². The van der Waals surface area contributed by atoms with Gasteiger partial charge in [-0.15, -0.1) is 11.8 Å². The van der Waals surface area contributed by atoms with E-state index in [1.54, 1.807) is 23.7 Å². The van der Waals surface area contributed by atoms with Gasteiger partial charge < -0.3 is 10.2 Å². The number of hydrogen-bond acceptors (Lipinski definition) is 3. The number of thioether (sulfide) groups is 1. The minimum Gasteiger partial charge on any atom is -0.357 e. The standard InChI is InChI=1S/C22H28N2O2S/c1-4-20(22(26)23-3)24(14-18-12-10-17(2)11-13-18)21(25)16-27-15-19-8-6-5-7-9-19/h5-13,20H,4,14-16H2,1-3H3,(H,23,26). The molecule has 2 aromatic rings. The average Bonchev–Trinajstić information content (AvgIpc) is 2.69. The van der Waals surface area contributed by atoms with Gasteiger partial charge in [0.15, 0.2) is 0 Å². The highest BCUT2D eigenvalue weighted by Gasteiger charge is 2.27. The van der Waals surface area contributed by atoms with Crippen molar-refractivity contribution in [1.29, 1.82) is 0 Å². The van der Waals surface area contributed by atoms with E-state index in [0.29, 0.717) is 18.7 Å². The van der Waals surface area contributed by atoms with Crippen LogP contribution in [0.3, 0.4) is 0 Å². The zero-order chi connectivity index (χ0) is 19.6. The lowest BCUT2D eigenvalue weighted by Gasteiger charge is -2.30. The monoisotopic (exact) mass is 384 g/mol. The van der Waals surface area contributed by atoms with Gasteiger partial charge in [-0.1, -0.05) is 67.1 Å². The van der Waals surface area contributed by atoms with E-state index in [1.165, 1.54) is 11.1 Å². The molecule has 27 heavy (non-hydrogen) atoms. The van der Waals surface area contributed by atoms with E-state index < -0.39 is 6.04 Å². The maximum atomic E-state index is 13.0. The number of benzene rings is 2. The van der Waals surface area contributed by atoms with Crippen molar-refractivity contribution in [2.24, 2.45) is 0 Å². The lowest BCUT2D eigenvalue weighted by atomic mass is 10.1. The van der Waals surface area contributed by atoms with Crippen LogP contribution in [0.2, 0.25) is 0 Å². The minimum absolute atomic E-state index is 0.00745. The van der Waals surface area contributed by atoms with Gasteiger partial charge in [-0.25, -0.2) is 0 Å². The number of aryl methyl sites for hydroxylation is 1. The molecule has 0 saturated heterocycles. The Kier molecular flexibility index (Phi) is 8.40. The molecule has 5 heteroatoms. The smallest absolute Gasteiger partial charge is 0.242 e. The van der Waals surface area contributed by atoms with Crippen LogP contribution in [0.5, 0.6) is 0 Å². The topological polar surface area (TPSA) is 49.4 Å². The van der Waals surface area contributed by atoms with Crippen molar-refractivity contribution in [2.75, 3.05) is 12.8 Å². The van der Waals surface area contributed by atoms with Crippen LogP contribution in [0.15, 0.2) is 54.6 Å². The number of carbonyl (C=O) groups excluding carboxylic acids is 2. The third kappa shape index (κ3) is 6.43. The molecule has 0 spiro atoms. The molecule has 4 nitrogen and oxygen atoms in total. The second-order valence-corrected chi connectivity index (χ2v) is 7.51. The summed E-state index contributed by atoms with van der Waals surface area (Å²) in [4.78, 5) is 27.0. The van der Waals surface area contributed by atoms with E-state index in [1.807, 2.05) is 56.3 Å². The summed E-state index contributed by atoms with van der Waals surface area (Å²) in [5.74, 6) is 1.01. The molecule has 144 valence electrons. The molecule has 0 aliphatic carbocycles. The third-order valence-electron chi connectivity index (χ3n) is 4.44. The van der Waals surface area contributed by atoms with Crippen LogP contribution in [-0.2, 0) is 21.9 Å². The summed E-state index contributed by atoms with van der Waals surface area (Å²) in [6.07, 6.45) is 0.584. The van der Waals surface area contributed by atoms with E-state index in [2.05, 4.69) is 17.4 Å². The molecule has 1 atom stereocenters. The predicted octanol–water partition coefficient (Wildman–Crippen LogP) is 3.78. The maximum Gasteiger partial charge on any atom is 0.242 e. The van der Waals surface area contributed by atoms with E-state index >= 15 is 0 Å². The Morgan fingerprint density at radius 2 is 1.70 bits per heavy atom. The zero-order valence-corrected chi connectivity index (χ0v) is 17.1. The molecule has 0 aromatic heterocycles. The molecular weight excluding hydrogens is 356 g/mol. The van der Waals surface area contributed by atoms with Gasteiger partial charge in [0.2, 0.25) is 11.8 Å². The predicted molar refractivity (Wildman–Crippen MR) is 112 cm³/mol. The molecule has 0 heterocycles. The Labute approximate surface area is 166 Å². The van der Waals surface area contributed by atoms with Crippen LogP contribution < -0.4 is 5.32 Å². The summed E-state index contributed by atoms with van der Waals surface area (Å²) in [7, 11) is 1.61. The van der Waals surface area contributed by atoms with E-state index in [9.17, 15) is 9.59 Å². The van der Waals surface area contributed by atoms with Crippen LogP contribution >= 0.6 is 11.8 Å². The van der Waals surface area contributed by atoms with Crippen molar-refractivity contribution in [3.63, 3.8) is 0 Å². The van der Waals surface area contributed by atoms with Gasteiger partial charge >= 0.3 is 0 Å². The number of rotatable bonds is 9. The Bertz CT molecular complexity index is 732. The second kappa shape index (κ2) is 10.8. The van der Waals surface area contributed by atoms with Gasteiger partial charge in [-0.3, -0.25) is 9.59 Å². The second-order valence-electron chi connectivity index (χ2n) is 6.52. The van der Waals surface area contributed by atoms with Crippen molar-refractivity contribution in [2.45, 2.75) is 38.6 Å². The Balaban J connectivity index is 2.08. The molecule has 0 aliphatic heterocycles. The quantitative estimate of drug-likeness (QED) is 0.716. The van der Waals surface area contributed by atoms with Gasteiger partial charge in [0.1, 0.15) is 6.04 Å². The Hall–Kier alpha value is -2.27. The van der Waals surface area contributed by atoms with E-state index in [-0.39, 0.29) is 11.8 Å². The average molecular weight is 385 g/mol. The molecule has 0 saturated carbocycles. The van der Waals surface area contributed by atoms with Gasteiger partial charge in [-0.2, -0.15) is 0 Å². The van der Waals surface area contributed by atoms with Crippen molar-refractivity contribution in [3.05, 3.63) is 71.3 Å². The third-order valence-corrected chi connectivity index (χ3v) is 5.43. The first-order valence-electron chi connectivity index (χ1n) is 9.23. The van der Waals surface area contributed by atoms with E-state index in [0.717, 1.165) is 11.3 Å². The van der Waals surface area contributed by atoms with Crippen molar-refractivity contribution in [3.8, 4) is 0 Å². The molecule has 2 aromatic carbocycles. The zero-order valence-electron chi connectivity index (χ0n) is 16.3. The van der Waals surface area contributed by atoms with Crippen LogP contribution in [0.1, 0.15) is 30.0 Å². The molecular formula is C22H28N2O2S. The Morgan fingerprint density at radius 3 is 2.30 bits per heavy atom.